The van der Waals surface area contributed by atoms with Crippen LogP contribution in [-0.4, -0.2) is 35.8 Å². The maximum absolute atomic E-state index is 12.2. The van der Waals surface area contributed by atoms with E-state index in [1.54, 1.807) is 4.90 Å². The van der Waals surface area contributed by atoms with E-state index in [4.69, 9.17) is 0 Å². The van der Waals surface area contributed by atoms with Gasteiger partial charge in [0.15, 0.2) is 0 Å². The van der Waals surface area contributed by atoms with Crippen LogP contribution >= 0.6 is 0 Å². The average molecular weight is 288 g/mol. The summed E-state index contributed by atoms with van der Waals surface area (Å²) in [6, 6.07) is 10.3. The van der Waals surface area contributed by atoms with E-state index in [0.717, 1.165) is 0 Å². The van der Waals surface area contributed by atoms with Gasteiger partial charge in [-0.3, -0.25) is 9.59 Å². The van der Waals surface area contributed by atoms with Crippen LogP contribution in [0.4, 0.5) is 0 Å². The third-order valence-corrected chi connectivity index (χ3v) is 4.10. The number of hydrogen-bond donors (Lipinski definition) is 1. The number of carbonyl (C=O) groups is 2. The smallest absolute Gasteiger partial charge is 0.225 e. The summed E-state index contributed by atoms with van der Waals surface area (Å²) in [6.45, 7) is 7.21. The maximum atomic E-state index is 12.2. The third-order valence-electron chi connectivity index (χ3n) is 4.10. The summed E-state index contributed by atoms with van der Waals surface area (Å²) in [4.78, 5) is 25.8. The molecule has 1 N–H and O–H groups in total. The molecule has 1 fully saturated rings. The fraction of sp³-hybridized carbons (Fsp3) is 0.529. The second-order valence-corrected chi connectivity index (χ2v) is 6.10. The molecule has 114 valence electrons. The van der Waals surface area contributed by atoms with E-state index in [1.807, 2.05) is 32.0 Å². The highest BCUT2D eigenvalue weighted by atomic mass is 16.2. The zero-order valence-electron chi connectivity index (χ0n) is 13.0. The normalized spacial score (nSPS) is 19.9. The second kappa shape index (κ2) is 6.74. The Balaban J connectivity index is 1.84. The first-order valence-electron chi connectivity index (χ1n) is 7.61. The predicted octanol–water partition coefficient (Wildman–Crippen LogP) is 2.16. The van der Waals surface area contributed by atoms with Gasteiger partial charge < -0.3 is 10.2 Å². The minimum Gasteiger partial charge on any atom is -0.355 e. The van der Waals surface area contributed by atoms with E-state index in [1.165, 1.54) is 5.56 Å². The molecule has 1 aliphatic heterocycles. The highest BCUT2D eigenvalue weighted by Gasteiger charge is 2.35. The van der Waals surface area contributed by atoms with Gasteiger partial charge in [0, 0.05) is 25.6 Å². The van der Waals surface area contributed by atoms with Crippen molar-refractivity contribution in [1.29, 1.82) is 0 Å². The lowest BCUT2D eigenvalue weighted by Crippen LogP contribution is -2.36. The quantitative estimate of drug-likeness (QED) is 0.902. The van der Waals surface area contributed by atoms with Crippen LogP contribution in [-0.2, 0) is 9.59 Å². The zero-order valence-corrected chi connectivity index (χ0v) is 13.0. The van der Waals surface area contributed by atoms with Crippen LogP contribution in [0.15, 0.2) is 30.3 Å². The predicted molar refractivity (Wildman–Crippen MR) is 82.8 cm³/mol. The molecule has 2 atom stereocenters. The van der Waals surface area contributed by atoms with Crippen molar-refractivity contribution in [3.05, 3.63) is 35.9 Å². The summed E-state index contributed by atoms with van der Waals surface area (Å²) < 4.78 is 0. The summed E-state index contributed by atoms with van der Waals surface area (Å²) in [6.07, 6.45) is 0.337. The molecule has 0 saturated carbocycles. The Hall–Kier alpha value is -1.84. The maximum Gasteiger partial charge on any atom is 0.225 e. The number of hydrogen-bond acceptors (Lipinski definition) is 2. The first-order valence-corrected chi connectivity index (χ1v) is 7.61. The van der Waals surface area contributed by atoms with Crippen molar-refractivity contribution in [3.63, 3.8) is 0 Å². The Morgan fingerprint density at radius 1 is 1.29 bits per heavy atom. The van der Waals surface area contributed by atoms with E-state index >= 15 is 0 Å². The Kier molecular flexibility index (Phi) is 4.99. The van der Waals surface area contributed by atoms with Gasteiger partial charge >= 0.3 is 0 Å². The SMILES string of the molecule is CC(C)N1C[C@@H](C(=O)NC[C@H](C)c2ccccc2)CC1=O. The molecule has 0 spiro atoms. The monoisotopic (exact) mass is 288 g/mol. The van der Waals surface area contributed by atoms with Gasteiger partial charge in [0.1, 0.15) is 0 Å². The molecule has 0 bridgehead atoms. The highest BCUT2D eigenvalue weighted by molar-refractivity contribution is 5.89. The van der Waals surface area contributed by atoms with Crippen molar-refractivity contribution in [1.82, 2.24) is 10.2 Å². The molecule has 0 radical (unpaired) electrons. The molecule has 0 aromatic heterocycles. The number of benzene rings is 1. The Morgan fingerprint density at radius 3 is 2.52 bits per heavy atom. The van der Waals surface area contributed by atoms with Gasteiger partial charge in [-0.15, -0.1) is 0 Å². The number of rotatable bonds is 5. The van der Waals surface area contributed by atoms with Crippen molar-refractivity contribution >= 4 is 11.8 Å². The van der Waals surface area contributed by atoms with Crippen LogP contribution in [0.5, 0.6) is 0 Å². The van der Waals surface area contributed by atoms with Gasteiger partial charge in [0.25, 0.3) is 0 Å². The number of carbonyl (C=O) groups excluding carboxylic acids is 2. The number of likely N-dealkylation sites (tertiary alicyclic amines) is 1. The standard InChI is InChI=1S/C17H24N2O2/c1-12(2)19-11-15(9-16(19)20)17(21)18-10-13(3)14-7-5-4-6-8-14/h4-8,12-13,15H,9-11H2,1-3H3,(H,18,21)/t13-,15-/m0/s1. The highest BCUT2D eigenvalue weighted by Crippen LogP contribution is 2.20. The number of nitrogens with zero attached hydrogens (tertiary/aromatic N) is 1. The van der Waals surface area contributed by atoms with Crippen LogP contribution in [0, 0.1) is 5.92 Å². The van der Waals surface area contributed by atoms with Gasteiger partial charge in [-0.1, -0.05) is 37.3 Å². The van der Waals surface area contributed by atoms with E-state index in [9.17, 15) is 9.59 Å². The molecule has 0 unspecified atom stereocenters. The minimum atomic E-state index is -0.206. The van der Waals surface area contributed by atoms with E-state index in [0.29, 0.717) is 19.5 Å². The van der Waals surface area contributed by atoms with Crippen molar-refractivity contribution in [3.8, 4) is 0 Å². The third kappa shape index (κ3) is 3.84. The molecule has 4 nitrogen and oxygen atoms in total. The summed E-state index contributed by atoms with van der Waals surface area (Å²) >= 11 is 0. The molecule has 4 heteroatoms. The fourth-order valence-electron chi connectivity index (χ4n) is 2.70. The van der Waals surface area contributed by atoms with Crippen LogP contribution < -0.4 is 5.32 Å². The molecule has 1 aliphatic rings. The molecule has 21 heavy (non-hydrogen) atoms. The second-order valence-electron chi connectivity index (χ2n) is 6.10. The molecule has 1 aromatic rings. The Morgan fingerprint density at radius 2 is 1.95 bits per heavy atom. The first-order chi connectivity index (χ1) is 9.99. The fourth-order valence-corrected chi connectivity index (χ4v) is 2.70. The lowest BCUT2D eigenvalue weighted by molar-refractivity contribution is -0.129. The zero-order chi connectivity index (χ0) is 15.4. The molecule has 0 aliphatic carbocycles. The van der Waals surface area contributed by atoms with E-state index in [-0.39, 0.29) is 29.7 Å². The van der Waals surface area contributed by atoms with Crippen molar-refractivity contribution in [2.45, 2.75) is 39.2 Å². The van der Waals surface area contributed by atoms with E-state index in [2.05, 4.69) is 24.4 Å². The van der Waals surface area contributed by atoms with Crippen LogP contribution in [0.2, 0.25) is 0 Å². The summed E-state index contributed by atoms with van der Waals surface area (Å²) in [7, 11) is 0. The summed E-state index contributed by atoms with van der Waals surface area (Å²) in [5.74, 6) is 0.145. The molecule has 1 heterocycles. The molecular weight excluding hydrogens is 264 g/mol. The summed E-state index contributed by atoms with van der Waals surface area (Å²) in [5, 5.41) is 2.99. The topological polar surface area (TPSA) is 49.4 Å². The lowest BCUT2D eigenvalue weighted by atomic mass is 10.0. The number of nitrogens with one attached hydrogen (secondary N) is 1. The Bertz CT molecular complexity index is 499. The van der Waals surface area contributed by atoms with Gasteiger partial charge in [0.05, 0.1) is 5.92 Å². The molecular formula is C17H24N2O2. The van der Waals surface area contributed by atoms with Crippen molar-refractivity contribution < 1.29 is 9.59 Å². The number of amides is 2. The first kappa shape index (κ1) is 15.5. The largest absolute Gasteiger partial charge is 0.355 e. The van der Waals surface area contributed by atoms with Crippen LogP contribution in [0.3, 0.4) is 0 Å². The van der Waals surface area contributed by atoms with Crippen LogP contribution in [0.1, 0.15) is 38.7 Å². The van der Waals surface area contributed by atoms with Crippen molar-refractivity contribution in [2.75, 3.05) is 13.1 Å². The van der Waals surface area contributed by atoms with E-state index < -0.39 is 0 Å². The Labute approximate surface area is 126 Å². The van der Waals surface area contributed by atoms with Gasteiger partial charge in [0.2, 0.25) is 11.8 Å². The average Bonchev–Trinajstić information content (AvgIpc) is 2.87. The minimum absolute atomic E-state index is 0.00530. The lowest BCUT2D eigenvalue weighted by Gasteiger charge is -2.21. The van der Waals surface area contributed by atoms with Gasteiger partial charge in [-0.2, -0.15) is 0 Å². The van der Waals surface area contributed by atoms with Gasteiger partial charge in [-0.05, 0) is 25.3 Å². The molecule has 2 amide bonds. The molecule has 1 aromatic carbocycles. The molecule has 2 rings (SSSR count). The van der Waals surface area contributed by atoms with Crippen LogP contribution in [0.25, 0.3) is 0 Å². The van der Waals surface area contributed by atoms with Crippen molar-refractivity contribution in [2.24, 2.45) is 5.92 Å². The van der Waals surface area contributed by atoms with Gasteiger partial charge in [-0.25, -0.2) is 0 Å². The molecule has 1 saturated heterocycles. The summed E-state index contributed by atoms with van der Waals surface area (Å²) in [5.41, 5.74) is 1.21.